The second-order valence-electron chi connectivity index (χ2n) is 7.27. The quantitative estimate of drug-likeness (QED) is 0.412. The van der Waals surface area contributed by atoms with Gasteiger partial charge in [-0.1, -0.05) is 24.3 Å². The highest BCUT2D eigenvalue weighted by molar-refractivity contribution is 5.94. The Morgan fingerprint density at radius 2 is 1.88 bits per heavy atom. The van der Waals surface area contributed by atoms with Crippen LogP contribution in [0, 0.1) is 0 Å². The number of hydrogen-bond acceptors (Lipinski definition) is 6. The van der Waals surface area contributed by atoms with E-state index in [1.165, 1.54) is 17.3 Å². The van der Waals surface area contributed by atoms with Crippen LogP contribution in [0.5, 0.6) is 0 Å². The van der Waals surface area contributed by atoms with E-state index >= 15 is 0 Å². The fraction of sp³-hybridized carbons (Fsp3) is 0.174. The number of carbonyl (C=O) groups excluding carboxylic acids is 2. The number of para-hydroxylation sites is 1. The molecule has 8 nitrogen and oxygen atoms in total. The van der Waals surface area contributed by atoms with Crippen LogP contribution < -0.4 is 5.32 Å². The molecule has 0 aliphatic carbocycles. The van der Waals surface area contributed by atoms with Crippen molar-refractivity contribution in [3.05, 3.63) is 78.5 Å². The van der Waals surface area contributed by atoms with Crippen molar-refractivity contribution in [3.8, 4) is 5.69 Å². The normalized spacial score (nSPS) is 11.4. The lowest BCUT2D eigenvalue weighted by Gasteiger charge is -2.14. The molecule has 0 aliphatic rings. The van der Waals surface area contributed by atoms with E-state index in [1.807, 2.05) is 36.4 Å². The average Bonchev–Trinajstić information content (AvgIpc) is 3.35. The number of benzene rings is 2. The van der Waals surface area contributed by atoms with Gasteiger partial charge in [0.1, 0.15) is 12.7 Å². The smallest absolute Gasteiger partial charge is 0.416 e. The van der Waals surface area contributed by atoms with E-state index in [1.54, 1.807) is 0 Å². The number of nitrogens with one attached hydrogen (secondary N) is 1. The molecule has 0 atom stereocenters. The number of esters is 1. The van der Waals surface area contributed by atoms with E-state index in [-0.39, 0.29) is 17.8 Å². The molecule has 1 amide bonds. The largest absolute Gasteiger partial charge is 0.456 e. The van der Waals surface area contributed by atoms with Crippen LogP contribution in [-0.2, 0) is 26.9 Å². The number of aryl methyl sites for hydroxylation is 1. The molecule has 4 rings (SSSR count). The van der Waals surface area contributed by atoms with Crippen LogP contribution in [-0.4, -0.2) is 38.2 Å². The van der Waals surface area contributed by atoms with Gasteiger partial charge in [0, 0.05) is 17.5 Å². The van der Waals surface area contributed by atoms with E-state index in [9.17, 15) is 22.8 Å². The van der Waals surface area contributed by atoms with Crippen molar-refractivity contribution in [3.63, 3.8) is 0 Å². The fourth-order valence-electron chi connectivity index (χ4n) is 3.23. The molecule has 2 aromatic heterocycles. The zero-order valence-electron chi connectivity index (χ0n) is 17.6. The van der Waals surface area contributed by atoms with E-state index in [4.69, 9.17) is 4.74 Å². The number of rotatable bonds is 7. The van der Waals surface area contributed by atoms with Gasteiger partial charge in [-0.25, -0.2) is 9.67 Å². The molecule has 4 aromatic rings. The molecular formula is C23H18F3N5O3. The first-order valence-electron chi connectivity index (χ1n) is 10.2. The number of ether oxygens (including phenoxy) is 1. The fourth-order valence-corrected chi connectivity index (χ4v) is 3.23. The zero-order valence-corrected chi connectivity index (χ0v) is 17.6. The molecule has 1 N–H and O–H groups in total. The van der Waals surface area contributed by atoms with Gasteiger partial charge in [-0.3, -0.25) is 14.6 Å². The van der Waals surface area contributed by atoms with Gasteiger partial charge in [-0.2, -0.15) is 18.3 Å². The Morgan fingerprint density at radius 3 is 2.65 bits per heavy atom. The van der Waals surface area contributed by atoms with Crippen molar-refractivity contribution >= 4 is 28.5 Å². The summed E-state index contributed by atoms with van der Waals surface area (Å²) in [5.41, 5.74) is 0.569. The zero-order chi connectivity index (χ0) is 24.1. The van der Waals surface area contributed by atoms with E-state index in [2.05, 4.69) is 20.4 Å². The maximum Gasteiger partial charge on any atom is 0.416 e. The summed E-state index contributed by atoms with van der Waals surface area (Å²) in [5, 5.41) is 7.19. The van der Waals surface area contributed by atoms with Crippen LogP contribution >= 0.6 is 0 Å². The van der Waals surface area contributed by atoms with Crippen molar-refractivity contribution < 1.29 is 27.5 Å². The molecule has 34 heavy (non-hydrogen) atoms. The molecule has 0 bridgehead atoms. The van der Waals surface area contributed by atoms with Crippen LogP contribution in [0.15, 0.2) is 67.3 Å². The van der Waals surface area contributed by atoms with Crippen LogP contribution in [0.4, 0.5) is 18.9 Å². The summed E-state index contributed by atoms with van der Waals surface area (Å²) < 4.78 is 45.6. The highest BCUT2D eigenvalue weighted by Gasteiger charge is 2.31. The van der Waals surface area contributed by atoms with Gasteiger partial charge in [0.15, 0.2) is 6.61 Å². The number of aromatic nitrogens is 4. The molecule has 0 saturated carbocycles. The highest BCUT2D eigenvalue weighted by Crippen LogP contribution is 2.33. The first-order chi connectivity index (χ1) is 16.3. The Morgan fingerprint density at radius 1 is 1.06 bits per heavy atom. The summed E-state index contributed by atoms with van der Waals surface area (Å²) in [6.45, 7) is -0.656. The summed E-state index contributed by atoms with van der Waals surface area (Å²) in [6.07, 6.45) is -1.82. The monoisotopic (exact) mass is 469 g/mol. The molecule has 2 heterocycles. The summed E-state index contributed by atoms with van der Waals surface area (Å²) in [4.78, 5) is 32.6. The number of anilines is 1. The van der Waals surface area contributed by atoms with E-state index in [0.717, 1.165) is 29.1 Å². The molecular weight excluding hydrogens is 451 g/mol. The van der Waals surface area contributed by atoms with Crippen LogP contribution in [0.25, 0.3) is 16.6 Å². The van der Waals surface area contributed by atoms with Crippen molar-refractivity contribution in [2.45, 2.75) is 19.0 Å². The van der Waals surface area contributed by atoms with Crippen molar-refractivity contribution in [2.75, 3.05) is 11.9 Å². The SMILES string of the molecule is O=C(COC(=O)CCc1ccc2ccccc2n1)Nc1cc(C(F)(F)F)ccc1-n1cncn1. The third-order valence-electron chi connectivity index (χ3n) is 4.87. The maximum absolute atomic E-state index is 13.1. The van der Waals surface area contributed by atoms with Crippen molar-refractivity contribution in [1.29, 1.82) is 0 Å². The molecule has 0 spiro atoms. The molecule has 174 valence electrons. The van der Waals surface area contributed by atoms with Crippen molar-refractivity contribution in [1.82, 2.24) is 19.7 Å². The number of carbonyl (C=O) groups is 2. The Bertz CT molecular complexity index is 1320. The lowest BCUT2D eigenvalue weighted by Crippen LogP contribution is -2.22. The highest BCUT2D eigenvalue weighted by atomic mass is 19.4. The molecule has 0 aliphatic heterocycles. The number of pyridine rings is 1. The predicted molar refractivity (Wildman–Crippen MR) is 116 cm³/mol. The minimum absolute atomic E-state index is 0.00755. The van der Waals surface area contributed by atoms with Gasteiger partial charge >= 0.3 is 12.1 Å². The van der Waals surface area contributed by atoms with Gasteiger partial charge < -0.3 is 10.1 Å². The lowest BCUT2D eigenvalue weighted by atomic mass is 10.1. The van der Waals surface area contributed by atoms with Crippen molar-refractivity contribution in [2.24, 2.45) is 0 Å². The predicted octanol–water partition coefficient (Wildman–Crippen LogP) is 3.95. The number of nitrogens with zero attached hydrogens (tertiary/aromatic N) is 4. The second kappa shape index (κ2) is 9.69. The topological polar surface area (TPSA) is 99.0 Å². The van der Waals surface area contributed by atoms with Crippen LogP contribution in [0.2, 0.25) is 0 Å². The third kappa shape index (κ3) is 5.55. The molecule has 0 radical (unpaired) electrons. The average molecular weight is 469 g/mol. The lowest BCUT2D eigenvalue weighted by molar-refractivity contribution is -0.147. The number of hydrogen-bond donors (Lipinski definition) is 1. The van der Waals surface area contributed by atoms with Gasteiger partial charge in [0.05, 0.1) is 28.9 Å². The Labute approximate surface area is 191 Å². The third-order valence-corrected chi connectivity index (χ3v) is 4.87. The molecule has 0 unspecified atom stereocenters. The first-order valence-corrected chi connectivity index (χ1v) is 10.2. The Kier molecular flexibility index (Phi) is 6.53. The van der Waals surface area contributed by atoms with Crippen LogP contribution in [0.1, 0.15) is 17.7 Å². The Balaban J connectivity index is 1.36. The standard InChI is InChI=1S/C23H18F3N5O3/c24-23(25,26)16-6-9-20(31-14-27-13-28-31)19(11-16)30-21(32)12-34-22(33)10-8-17-7-5-15-3-1-2-4-18(15)29-17/h1-7,9,11,13-14H,8,10,12H2,(H,30,32). The van der Waals surface area contributed by atoms with Gasteiger partial charge in [-0.15, -0.1) is 0 Å². The summed E-state index contributed by atoms with van der Waals surface area (Å²) in [7, 11) is 0. The van der Waals surface area contributed by atoms with E-state index in [0.29, 0.717) is 12.1 Å². The molecule has 11 heteroatoms. The molecule has 0 saturated heterocycles. The minimum Gasteiger partial charge on any atom is -0.456 e. The number of amides is 1. The maximum atomic E-state index is 13.1. The second-order valence-corrected chi connectivity index (χ2v) is 7.27. The minimum atomic E-state index is -4.61. The van der Waals surface area contributed by atoms with Gasteiger partial charge in [-0.05, 0) is 30.3 Å². The van der Waals surface area contributed by atoms with E-state index < -0.39 is 30.2 Å². The Hall–Kier alpha value is -4.28. The number of alkyl halides is 3. The van der Waals surface area contributed by atoms with Gasteiger partial charge in [0.2, 0.25) is 0 Å². The molecule has 2 aromatic carbocycles. The number of halogens is 3. The van der Waals surface area contributed by atoms with Gasteiger partial charge in [0.25, 0.3) is 5.91 Å². The summed E-state index contributed by atoms with van der Waals surface area (Å²) in [6, 6.07) is 14.1. The number of fused-ring (bicyclic) bond motifs is 1. The summed E-state index contributed by atoms with van der Waals surface area (Å²) in [5.74, 6) is -1.43. The first kappa shape index (κ1) is 22.9. The molecule has 0 fully saturated rings. The summed E-state index contributed by atoms with van der Waals surface area (Å²) >= 11 is 0. The van der Waals surface area contributed by atoms with Crippen LogP contribution in [0.3, 0.4) is 0 Å².